The number of nitrogens with zero attached hydrogens (tertiary/aromatic N) is 2. The van der Waals surface area contributed by atoms with Crippen LogP contribution in [0.25, 0.3) is 11.3 Å². The van der Waals surface area contributed by atoms with Crippen molar-refractivity contribution in [3.63, 3.8) is 0 Å². The van der Waals surface area contributed by atoms with Gasteiger partial charge in [0.2, 0.25) is 5.91 Å². The Labute approximate surface area is 161 Å². The molecule has 0 saturated heterocycles. The molecule has 0 saturated carbocycles. The van der Waals surface area contributed by atoms with Crippen molar-refractivity contribution in [2.75, 3.05) is 10.6 Å². The van der Waals surface area contributed by atoms with E-state index < -0.39 is 5.82 Å². The number of fused-ring (bicyclic) bond motifs is 1. The lowest BCUT2D eigenvalue weighted by Crippen LogP contribution is -2.19. The number of aromatic nitrogens is 2. The lowest BCUT2D eigenvalue weighted by molar-refractivity contribution is -0.116. The Kier molecular flexibility index (Phi) is 4.58. The largest absolute Gasteiger partial charge is 0.378 e. The molecule has 1 aromatic heterocycles. The molecule has 0 unspecified atom stereocenters. The van der Waals surface area contributed by atoms with Crippen LogP contribution in [0.4, 0.5) is 15.8 Å². The van der Waals surface area contributed by atoms with Gasteiger partial charge in [0.25, 0.3) is 0 Å². The average Bonchev–Trinajstić information content (AvgIpc) is 2.95. The van der Waals surface area contributed by atoms with Gasteiger partial charge in [-0.1, -0.05) is 41.9 Å². The number of benzene rings is 2. The number of carbonyl (C=O) groups excluding carboxylic acids is 1. The third-order valence-corrected chi connectivity index (χ3v) is 5.13. The van der Waals surface area contributed by atoms with Crippen LogP contribution in [-0.2, 0) is 24.8 Å². The zero-order valence-electron chi connectivity index (χ0n) is 14.7. The molecular formula is C20H18ClFN4O. The van der Waals surface area contributed by atoms with Crippen LogP contribution in [-0.4, -0.2) is 15.7 Å². The molecule has 5 nitrogen and oxygen atoms in total. The maximum atomic E-state index is 14.5. The lowest BCUT2D eigenvalue weighted by atomic mass is 10.0. The first-order valence-electron chi connectivity index (χ1n) is 8.66. The number of hydrogen-bond acceptors (Lipinski definition) is 3. The molecule has 4 rings (SSSR count). The van der Waals surface area contributed by atoms with Crippen molar-refractivity contribution in [2.45, 2.75) is 19.4 Å². The molecule has 138 valence electrons. The minimum Gasteiger partial charge on any atom is -0.378 e. The molecule has 0 radical (unpaired) electrons. The fraction of sp³-hybridized carbons (Fsp3) is 0.200. The third kappa shape index (κ3) is 3.40. The second kappa shape index (κ2) is 7.04. The zero-order chi connectivity index (χ0) is 19.0. The first kappa shape index (κ1) is 17.5. The Hall–Kier alpha value is -2.86. The molecule has 27 heavy (non-hydrogen) atoms. The number of halogens is 2. The van der Waals surface area contributed by atoms with E-state index in [-0.39, 0.29) is 5.91 Å². The number of carbonyl (C=O) groups is 1. The second-order valence-corrected chi connectivity index (χ2v) is 6.86. The number of amides is 1. The summed E-state index contributed by atoms with van der Waals surface area (Å²) < 4.78 is 16.1. The van der Waals surface area contributed by atoms with Gasteiger partial charge in [-0.05, 0) is 24.1 Å². The van der Waals surface area contributed by atoms with Crippen LogP contribution < -0.4 is 10.6 Å². The number of anilines is 2. The van der Waals surface area contributed by atoms with Crippen LogP contribution in [0.15, 0.2) is 42.5 Å². The normalized spacial score (nSPS) is 13.2. The Bertz CT molecular complexity index is 1020. The monoisotopic (exact) mass is 384 g/mol. The molecule has 2 aromatic carbocycles. The van der Waals surface area contributed by atoms with Gasteiger partial charge in [-0.2, -0.15) is 5.10 Å². The predicted octanol–water partition coefficient (Wildman–Crippen LogP) is 4.38. The zero-order valence-corrected chi connectivity index (χ0v) is 15.5. The van der Waals surface area contributed by atoms with E-state index >= 15 is 0 Å². The van der Waals surface area contributed by atoms with Crippen molar-refractivity contribution in [1.29, 1.82) is 0 Å². The quantitative estimate of drug-likeness (QED) is 0.702. The van der Waals surface area contributed by atoms with Crippen LogP contribution >= 0.6 is 11.6 Å². The minimum absolute atomic E-state index is 0.0859. The van der Waals surface area contributed by atoms with Crippen LogP contribution in [0.2, 0.25) is 5.15 Å². The summed E-state index contributed by atoms with van der Waals surface area (Å²) in [7, 11) is 1.78. The van der Waals surface area contributed by atoms with E-state index in [0.29, 0.717) is 35.9 Å². The topological polar surface area (TPSA) is 59.0 Å². The Morgan fingerprint density at radius 2 is 2.04 bits per heavy atom. The van der Waals surface area contributed by atoms with Gasteiger partial charge in [0.05, 0.1) is 11.4 Å². The maximum absolute atomic E-state index is 14.5. The highest BCUT2D eigenvalue weighted by Crippen LogP contribution is 2.31. The molecule has 2 heterocycles. The van der Waals surface area contributed by atoms with E-state index in [0.717, 1.165) is 22.4 Å². The Balaban J connectivity index is 1.62. The molecule has 3 aromatic rings. The lowest BCUT2D eigenvalue weighted by Gasteiger charge is -2.19. The molecule has 1 aliphatic rings. The summed E-state index contributed by atoms with van der Waals surface area (Å²) in [6.45, 7) is 0.332. The molecule has 0 aliphatic carbocycles. The van der Waals surface area contributed by atoms with Gasteiger partial charge in [0, 0.05) is 36.8 Å². The van der Waals surface area contributed by atoms with Crippen molar-refractivity contribution in [1.82, 2.24) is 9.78 Å². The van der Waals surface area contributed by atoms with E-state index in [1.54, 1.807) is 17.8 Å². The Morgan fingerprint density at radius 3 is 2.81 bits per heavy atom. The molecule has 1 aliphatic heterocycles. The van der Waals surface area contributed by atoms with Crippen molar-refractivity contribution < 1.29 is 9.18 Å². The van der Waals surface area contributed by atoms with E-state index in [2.05, 4.69) is 15.7 Å². The fourth-order valence-corrected chi connectivity index (χ4v) is 3.45. The maximum Gasteiger partial charge on any atom is 0.224 e. The number of nitrogens with one attached hydrogen (secondary N) is 2. The van der Waals surface area contributed by atoms with Gasteiger partial charge >= 0.3 is 0 Å². The molecule has 0 atom stereocenters. The van der Waals surface area contributed by atoms with Gasteiger partial charge in [-0.3, -0.25) is 9.48 Å². The number of rotatable bonds is 4. The van der Waals surface area contributed by atoms with Gasteiger partial charge < -0.3 is 10.6 Å². The van der Waals surface area contributed by atoms with Crippen molar-refractivity contribution in [3.05, 3.63) is 64.6 Å². The minimum atomic E-state index is -0.419. The van der Waals surface area contributed by atoms with Gasteiger partial charge in [-0.15, -0.1) is 0 Å². The molecule has 7 heteroatoms. The van der Waals surface area contributed by atoms with E-state index in [9.17, 15) is 9.18 Å². The fourth-order valence-electron chi connectivity index (χ4n) is 3.25. The van der Waals surface area contributed by atoms with Gasteiger partial charge in [0.1, 0.15) is 11.0 Å². The number of hydrogen-bond donors (Lipinski definition) is 2. The molecule has 1 amide bonds. The summed E-state index contributed by atoms with van der Waals surface area (Å²) in [5, 5.41) is 10.8. The van der Waals surface area contributed by atoms with Crippen molar-refractivity contribution in [2.24, 2.45) is 7.05 Å². The van der Waals surface area contributed by atoms with Crippen LogP contribution in [0, 0.1) is 5.82 Å². The molecule has 0 bridgehead atoms. The van der Waals surface area contributed by atoms with Crippen LogP contribution in [0.5, 0.6) is 0 Å². The first-order valence-corrected chi connectivity index (χ1v) is 9.03. The first-order chi connectivity index (χ1) is 13.0. The van der Waals surface area contributed by atoms with Crippen LogP contribution in [0.1, 0.15) is 17.5 Å². The standard InChI is InChI=1S/C20H18ClFN4O/c1-26-20(21)14(19(25-26)12-5-3-2-4-6-12)11-23-17-9-13-7-8-18(27)24-16(13)10-15(17)22/h2-6,9-10,23H,7-8,11H2,1H3,(H,24,27). The summed E-state index contributed by atoms with van der Waals surface area (Å²) in [5.74, 6) is -0.505. The van der Waals surface area contributed by atoms with Crippen molar-refractivity contribution in [3.8, 4) is 11.3 Å². The molecule has 2 N–H and O–H groups in total. The third-order valence-electron chi connectivity index (χ3n) is 4.66. The molecule has 0 fully saturated rings. The Morgan fingerprint density at radius 1 is 1.26 bits per heavy atom. The highest BCUT2D eigenvalue weighted by molar-refractivity contribution is 6.30. The molecule has 0 spiro atoms. The smallest absolute Gasteiger partial charge is 0.224 e. The summed E-state index contributed by atoms with van der Waals surface area (Å²) >= 11 is 6.42. The second-order valence-electron chi connectivity index (χ2n) is 6.50. The van der Waals surface area contributed by atoms with Gasteiger partial charge in [0.15, 0.2) is 0 Å². The average molecular weight is 385 g/mol. The van der Waals surface area contributed by atoms with Gasteiger partial charge in [-0.25, -0.2) is 4.39 Å². The summed E-state index contributed by atoms with van der Waals surface area (Å²) in [5.41, 5.74) is 4.35. The van der Waals surface area contributed by atoms with Crippen LogP contribution in [0.3, 0.4) is 0 Å². The van der Waals surface area contributed by atoms with E-state index in [1.807, 2.05) is 30.3 Å². The van der Waals surface area contributed by atoms with E-state index in [1.165, 1.54) is 6.07 Å². The predicted molar refractivity (Wildman–Crippen MR) is 104 cm³/mol. The summed E-state index contributed by atoms with van der Waals surface area (Å²) in [6.07, 6.45) is 1.00. The highest BCUT2D eigenvalue weighted by Gasteiger charge is 2.19. The SMILES string of the molecule is Cn1nc(-c2ccccc2)c(CNc2cc3c(cc2F)NC(=O)CC3)c1Cl. The summed E-state index contributed by atoms with van der Waals surface area (Å²) in [6, 6.07) is 12.8. The summed E-state index contributed by atoms with van der Waals surface area (Å²) in [4.78, 5) is 11.5. The van der Waals surface area contributed by atoms with Crippen molar-refractivity contribution >= 4 is 28.9 Å². The number of aryl methyl sites for hydroxylation is 2. The highest BCUT2D eigenvalue weighted by atomic mass is 35.5. The molecular weight excluding hydrogens is 367 g/mol. The van der Waals surface area contributed by atoms with E-state index in [4.69, 9.17) is 11.6 Å².